The maximum absolute atomic E-state index is 12.7. The summed E-state index contributed by atoms with van der Waals surface area (Å²) in [6.07, 6.45) is 0. The van der Waals surface area contributed by atoms with E-state index in [1.807, 2.05) is 0 Å². The zero-order valence-electron chi connectivity index (χ0n) is 11.4. The van der Waals surface area contributed by atoms with Gasteiger partial charge in [-0.1, -0.05) is 24.3 Å². The van der Waals surface area contributed by atoms with Gasteiger partial charge in [0, 0.05) is 17.2 Å². The number of ether oxygens (including phenoxy) is 2. The Bertz CT molecular complexity index is 780. The standard InChI is InChI=1S/C16H11BrO4/c1-20-10-7-11(21-2)14(17)13-12(10)15(18)8-5-3-4-6-9(8)16(13)19/h3-7H,1-2H3. The second kappa shape index (κ2) is 5.00. The van der Waals surface area contributed by atoms with Crippen LogP contribution in [0.4, 0.5) is 0 Å². The molecule has 0 heterocycles. The third kappa shape index (κ3) is 1.88. The minimum atomic E-state index is -0.222. The normalized spacial score (nSPS) is 12.7. The maximum Gasteiger partial charge on any atom is 0.198 e. The fourth-order valence-electron chi connectivity index (χ4n) is 2.51. The maximum atomic E-state index is 12.7. The van der Waals surface area contributed by atoms with Crippen molar-refractivity contribution in [1.29, 1.82) is 0 Å². The minimum Gasteiger partial charge on any atom is -0.496 e. The fraction of sp³-hybridized carbons (Fsp3) is 0.125. The molecule has 0 N–H and O–H groups in total. The Balaban J connectivity index is 2.39. The Labute approximate surface area is 129 Å². The highest BCUT2D eigenvalue weighted by molar-refractivity contribution is 9.10. The van der Waals surface area contributed by atoms with Crippen molar-refractivity contribution < 1.29 is 19.1 Å². The third-order valence-electron chi connectivity index (χ3n) is 3.50. The van der Waals surface area contributed by atoms with Gasteiger partial charge in [-0.3, -0.25) is 9.59 Å². The first kappa shape index (κ1) is 13.8. The lowest BCUT2D eigenvalue weighted by atomic mass is 9.83. The molecule has 4 nitrogen and oxygen atoms in total. The molecule has 0 atom stereocenters. The van der Waals surface area contributed by atoms with Gasteiger partial charge in [0.1, 0.15) is 11.5 Å². The summed E-state index contributed by atoms with van der Waals surface area (Å²) in [4.78, 5) is 25.4. The number of carbonyl (C=O) groups excluding carboxylic acids is 2. The molecule has 2 aromatic carbocycles. The smallest absolute Gasteiger partial charge is 0.198 e. The average Bonchev–Trinajstić information content (AvgIpc) is 2.52. The minimum absolute atomic E-state index is 0.218. The molecule has 1 aliphatic rings. The molecule has 0 aromatic heterocycles. The van der Waals surface area contributed by atoms with Crippen molar-refractivity contribution in [3.8, 4) is 11.5 Å². The Kier molecular flexibility index (Phi) is 3.29. The second-order valence-corrected chi connectivity index (χ2v) is 5.34. The van der Waals surface area contributed by atoms with E-state index in [1.165, 1.54) is 14.2 Å². The van der Waals surface area contributed by atoms with Crippen LogP contribution in [-0.4, -0.2) is 25.8 Å². The number of rotatable bonds is 2. The summed E-state index contributed by atoms with van der Waals surface area (Å²) >= 11 is 3.36. The van der Waals surface area contributed by atoms with E-state index in [2.05, 4.69) is 15.9 Å². The molecule has 2 aromatic rings. The van der Waals surface area contributed by atoms with Crippen LogP contribution in [0.25, 0.3) is 0 Å². The summed E-state index contributed by atoms with van der Waals surface area (Å²) in [5.41, 5.74) is 1.35. The van der Waals surface area contributed by atoms with Gasteiger partial charge in [0.2, 0.25) is 0 Å². The lowest BCUT2D eigenvalue weighted by molar-refractivity contribution is 0.0975. The molecule has 0 amide bonds. The van der Waals surface area contributed by atoms with E-state index in [1.54, 1.807) is 30.3 Å². The molecule has 0 aliphatic heterocycles. The highest BCUT2D eigenvalue weighted by atomic mass is 79.9. The predicted octanol–water partition coefficient (Wildman–Crippen LogP) is 3.24. The molecular formula is C16H11BrO4. The van der Waals surface area contributed by atoms with Crippen molar-refractivity contribution in [2.45, 2.75) is 0 Å². The zero-order valence-corrected chi connectivity index (χ0v) is 13.0. The van der Waals surface area contributed by atoms with E-state index in [4.69, 9.17) is 9.47 Å². The number of benzene rings is 2. The van der Waals surface area contributed by atoms with Gasteiger partial charge in [-0.15, -0.1) is 0 Å². The van der Waals surface area contributed by atoms with Crippen molar-refractivity contribution >= 4 is 27.5 Å². The molecule has 0 unspecified atom stereocenters. The first-order valence-corrected chi connectivity index (χ1v) is 7.02. The Morgan fingerprint density at radius 1 is 0.857 bits per heavy atom. The molecule has 0 saturated carbocycles. The summed E-state index contributed by atoms with van der Waals surface area (Å²) in [5.74, 6) is 0.341. The zero-order chi connectivity index (χ0) is 15.1. The summed E-state index contributed by atoms with van der Waals surface area (Å²) < 4.78 is 11.0. The molecular weight excluding hydrogens is 336 g/mol. The topological polar surface area (TPSA) is 52.6 Å². The van der Waals surface area contributed by atoms with Crippen molar-refractivity contribution in [1.82, 2.24) is 0 Å². The quantitative estimate of drug-likeness (QED) is 0.714. The summed E-state index contributed by atoms with van der Waals surface area (Å²) in [5, 5.41) is 0. The molecule has 0 fully saturated rings. The van der Waals surface area contributed by atoms with E-state index in [0.29, 0.717) is 27.1 Å². The monoisotopic (exact) mass is 346 g/mol. The fourth-order valence-corrected chi connectivity index (χ4v) is 3.16. The SMILES string of the molecule is COc1cc(OC)c2c(c1Br)C(=O)c1ccccc1C2=O. The van der Waals surface area contributed by atoms with Crippen molar-refractivity contribution in [2.24, 2.45) is 0 Å². The van der Waals surface area contributed by atoms with E-state index >= 15 is 0 Å². The summed E-state index contributed by atoms with van der Waals surface area (Å²) in [6.45, 7) is 0. The first-order valence-electron chi connectivity index (χ1n) is 6.23. The van der Waals surface area contributed by atoms with Crippen LogP contribution in [0, 0.1) is 0 Å². The third-order valence-corrected chi connectivity index (χ3v) is 4.29. The predicted molar refractivity (Wildman–Crippen MR) is 80.6 cm³/mol. The second-order valence-electron chi connectivity index (χ2n) is 4.55. The lowest BCUT2D eigenvalue weighted by Crippen LogP contribution is -2.22. The summed E-state index contributed by atoms with van der Waals surface area (Å²) in [6, 6.07) is 8.37. The van der Waals surface area contributed by atoms with Crippen LogP contribution in [-0.2, 0) is 0 Å². The molecule has 106 valence electrons. The Morgan fingerprint density at radius 2 is 1.38 bits per heavy atom. The van der Waals surface area contributed by atoms with E-state index < -0.39 is 0 Å². The molecule has 0 bridgehead atoms. The van der Waals surface area contributed by atoms with Gasteiger partial charge in [-0.25, -0.2) is 0 Å². The van der Waals surface area contributed by atoms with Crippen LogP contribution < -0.4 is 9.47 Å². The van der Waals surface area contributed by atoms with Gasteiger partial charge < -0.3 is 9.47 Å². The first-order chi connectivity index (χ1) is 10.1. The van der Waals surface area contributed by atoms with Crippen LogP contribution in [0.1, 0.15) is 31.8 Å². The van der Waals surface area contributed by atoms with Gasteiger partial charge in [0.15, 0.2) is 11.6 Å². The van der Waals surface area contributed by atoms with Crippen molar-refractivity contribution in [2.75, 3.05) is 14.2 Å². The van der Waals surface area contributed by atoms with Gasteiger partial charge in [0.05, 0.1) is 29.8 Å². The summed E-state index contributed by atoms with van der Waals surface area (Å²) in [7, 11) is 2.95. The Hall–Kier alpha value is -2.14. The average molecular weight is 347 g/mol. The van der Waals surface area contributed by atoms with E-state index in [0.717, 1.165) is 0 Å². The molecule has 1 aliphatic carbocycles. The number of hydrogen-bond acceptors (Lipinski definition) is 4. The largest absolute Gasteiger partial charge is 0.496 e. The lowest BCUT2D eigenvalue weighted by Gasteiger charge is -2.22. The van der Waals surface area contributed by atoms with Crippen molar-refractivity contribution in [3.63, 3.8) is 0 Å². The number of halogens is 1. The number of ketones is 2. The Morgan fingerprint density at radius 3 is 1.90 bits per heavy atom. The number of methoxy groups -OCH3 is 2. The molecule has 3 rings (SSSR count). The highest BCUT2D eigenvalue weighted by Crippen LogP contribution is 2.42. The highest BCUT2D eigenvalue weighted by Gasteiger charge is 2.35. The molecule has 5 heteroatoms. The number of carbonyl (C=O) groups is 2. The van der Waals surface area contributed by atoms with E-state index in [9.17, 15) is 9.59 Å². The van der Waals surface area contributed by atoms with Crippen LogP contribution in [0.2, 0.25) is 0 Å². The van der Waals surface area contributed by atoms with Gasteiger partial charge in [-0.05, 0) is 15.9 Å². The van der Waals surface area contributed by atoms with Crippen LogP contribution in [0.5, 0.6) is 11.5 Å². The molecule has 0 radical (unpaired) electrons. The molecule has 0 saturated heterocycles. The molecule has 0 spiro atoms. The van der Waals surface area contributed by atoms with Crippen molar-refractivity contribution in [3.05, 3.63) is 57.1 Å². The molecule has 21 heavy (non-hydrogen) atoms. The van der Waals surface area contributed by atoms with Crippen LogP contribution in [0.3, 0.4) is 0 Å². The number of fused-ring (bicyclic) bond motifs is 2. The van der Waals surface area contributed by atoms with Gasteiger partial charge in [-0.2, -0.15) is 0 Å². The number of hydrogen-bond donors (Lipinski definition) is 0. The van der Waals surface area contributed by atoms with Crippen LogP contribution >= 0.6 is 15.9 Å². The van der Waals surface area contributed by atoms with Gasteiger partial charge in [0.25, 0.3) is 0 Å². The van der Waals surface area contributed by atoms with Crippen LogP contribution in [0.15, 0.2) is 34.8 Å². The van der Waals surface area contributed by atoms with E-state index in [-0.39, 0.29) is 22.7 Å². The van der Waals surface area contributed by atoms with Gasteiger partial charge >= 0.3 is 0 Å².